The van der Waals surface area contributed by atoms with Crippen LogP contribution in [0.3, 0.4) is 0 Å². The van der Waals surface area contributed by atoms with E-state index in [4.69, 9.17) is 4.74 Å². The van der Waals surface area contributed by atoms with Crippen LogP contribution in [0.5, 0.6) is 5.75 Å². The van der Waals surface area contributed by atoms with Crippen molar-refractivity contribution >= 4 is 22.6 Å². The van der Waals surface area contributed by atoms with Crippen molar-refractivity contribution in [3.8, 4) is 17.1 Å². The van der Waals surface area contributed by atoms with Crippen LogP contribution in [-0.4, -0.2) is 27.8 Å². The molecule has 0 atom stereocenters. The molecule has 0 aliphatic carbocycles. The summed E-state index contributed by atoms with van der Waals surface area (Å²) in [7, 11) is 1.67. The number of methoxy groups -OCH3 is 1. The number of aromatic nitrogens is 3. The van der Waals surface area contributed by atoms with Crippen molar-refractivity contribution in [2.75, 3.05) is 12.4 Å². The molecule has 0 spiro atoms. The lowest BCUT2D eigenvalue weighted by molar-refractivity contribution is -0.116. The highest BCUT2D eigenvalue weighted by Gasteiger charge is 2.14. The first kappa shape index (κ1) is 17.1. The Balaban J connectivity index is 1.92. The largest absolute Gasteiger partial charge is 0.497 e. The number of hydrogen-bond donors (Lipinski definition) is 2. The fraction of sp³-hybridized carbons (Fsp3) is 0.368. The third-order valence-electron chi connectivity index (χ3n) is 4.14. The Morgan fingerprint density at radius 3 is 2.80 bits per heavy atom. The molecular weight excluding hydrogens is 316 g/mol. The number of carbonyl (C=O) groups excluding carboxylic acids is 1. The second-order valence-corrected chi connectivity index (χ2v) is 6.51. The van der Waals surface area contributed by atoms with Gasteiger partial charge in [-0.05, 0) is 37.1 Å². The minimum atomic E-state index is -0.0196. The molecule has 0 radical (unpaired) electrons. The standard InChI is InChI=1S/C19H24N4O2/c1-5-23-16-7-6-14(25-4)9-13(16)10-17(23)15-11-18(22-21-15)20-19(24)8-12(2)3/h6-7,9-12H,5,8H2,1-4H3,(H2,20,21,22,24). The van der Waals surface area contributed by atoms with E-state index in [1.54, 1.807) is 7.11 Å². The van der Waals surface area contributed by atoms with Gasteiger partial charge in [0.2, 0.25) is 5.91 Å². The Morgan fingerprint density at radius 1 is 1.32 bits per heavy atom. The van der Waals surface area contributed by atoms with E-state index in [9.17, 15) is 4.79 Å². The Morgan fingerprint density at radius 2 is 2.12 bits per heavy atom. The van der Waals surface area contributed by atoms with Gasteiger partial charge in [0.25, 0.3) is 0 Å². The zero-order chi connectivity index (χ0) is 18.0. The zero-order valence-corrected chi connectivity index (χ0v) is 15.1. The fourth-order valence-corrected chi connectivity index (χ4v) is 3.02. The van der Waals surface area contributed by atoms with Crippen molar-refractivity contribution in [3.63, 3.8) is 0 Å². The molecule has 2 aromatic heterocycles. The SMILES string of the molecule is CCn1c(-c2cc(NC(=O)CC(C)C)n[nH]2)cc2cc(OC)ccc21. The number of fused-ring (bicyclic) bond motifs is 1. The minimum Gasteiger partial charge on any atom is -0.497 e. The molecule has 0 saturated carbocycles. The summed E-state index contributed by atoms with van der Waals surface area (Å²) in [6.07, 6.45) is 0.483. The molecule has 25 heavy (non-hydrogen) atoms. The summed E-state index contributed by atoms with van der Waals surface area (Å²) in [5.41, 5.74) is 3.04. The molecule has 2 N–H and O–H groups in total. The zero-order valence-electron chi connectivity index (χ0n) is 15.1. The Labute approximate surface area is 147 Å². The number of benzene rings is 1. The summed E-state index contributed by atoms with van der Waals surface area (Å²) >= 11 is 0. The monoisotopic (exact) mass is 340 g/mol. The van der Waals surface area contributed by atoms with Crippen LogP contribution >= 0.6 is 0 Å². The Kier molecular flexibility index (Phi) is 4.79. The number of nitrogens with one attached hydrogen (secondary N) is 2. The molecule has 0 aliphatic heterocycles. The summed E-state index contributed by atoms with van der Waals surface area (Å²) in [5, 5.41) is 11.2. The Bertz CT molecular complexity index is 892. The van der Waals surface area contributed by atoms with Gasteiger partial charge in [-0.25, -0.2) is 0 Å². The lowest BCUT2D eigenvalue weighted by Crippen LogP contribution is -2.13. The van der Waals surface area contributed by atoms with Gasteiger partial charge in [0.1, 0.15) is 5.75 Å². The second-order valence-electron chi connectivity index (χ2n) is 6.51. The van der Waals surface area contributed by atoms with Gasteiger partial charge in [0.15, 0.2) is 5.82 Å². The summed E-state index contributed by atoms with van der Waals surface area (Å²) in [6, 6.07) is 10.0. The van der Waals surface area contributed by atoms with Crippen molar-refractivity contribution in [1.29, 1.82) is 0 Å². The molecule has 2 heterocycles. The molecular formula is C19H24N4O2. The molecule has 0 unspecified atom stereocenters. The molecule has 1 amide bonds. The van der Waals surface area contributed by atoms with Gasteiger partial charge in [0, 0.05) is 29.9 Å². The van der Waals surface area contributed by atoms with Crippen molar-refractivity contribution in [2.24, 2.45) is 5.92 Å². The fourth-order valence-electron chi connectivity index (χ4n) is 3.02. The first-order valence-corrected chi connectivity index (χ1v) is 8.54. The maximum atomic E-state index is 11.9. The highest BCUT2D eigenvalue weighted by atomic mass is 16.5. The van der Waals surface area contributed by atoms with E-state index in [2.05, 4.69) is 39.1 Å². The van der Waals surface area contributed by atoms with Crippen LogP contribution < -0.4 is 10.1 Å². The number of aromatic amines is 1. The van der Waals surface area contributed by atoms with E-state index in [-0.39, 0.29) is 5.91 Å². The van der Waals surface area contributed by atoms with Gasteiger partial charge in [-0.15, -0.1) is 0 Å². The molecule has 6 heteroatoms. The van der Waals surface area contributed by atoms with Crippen molar-refractivity contribution in [1.82, 2.24) is 14.8 Å². The lowest BCUT2D eigenvalue weighted by Gasteiger charge is -2.06. The average Bonchev–Trinajstić information content (AvgIpc) is 3.16. The van der Waals surface area contributed by atoms with Crippen LogP contribution in [0.15, 0.2) is 30.3 Å². The number of ether oxygens (including phenoxy) is 1. The smallest absolute Gasteiger partial charge is 0.225 e. The summed E-state index contributed by atoms with van der Waals surface area (Å²) in [4.78, 5) is 11.9. The van der Waals surface area contributed by atoms with E-state index in [0.29, 0.717) is 18.2 Å². The van der Waals surface area contributed by atoms with Crippen LogP contribution in [0.1, 0.15) is 27.2 Å². The molecule has 3 aromatic rings. The number of aryl methyl sites for hydroxylation is 1. The van der Waals surface area contributed by atoms with Gasteiger partial charge < -0.3 is 14.6 Å². The number of nitrogens with zero attached hydrogens (tertiary/aromatic N) is 2. The topological polar surface area (TPSA) is 71.9 Å². The number of hydrogen-bond acceptors (Lipinski definition) is 3. The Hall–Kier alpha value is -2.76. The normalized spacial score (nSPS) is 11.2. The van der Waals surface area contributed by atoms with Crippen LogP contribution in [0.4, 0.5) is 5.82 Å². The van der Waals surface area contributed by atoms with E-state index in [1.807, 2.05) is 32.0 Å². The number of H-pyrrole nitrogens is 1. The summed E-state index contributed by atoms with van der Waals surface area (Å²) in [5.74, 6) is 1.68. The molecule has 132 valence electrons. The first-order chi connectivity index (χ1) is 12.0. The van der Waals surface area contributed by atoms with Crippen molar-refractivity contribution < 1.29 is 9.53 Å². The van der Waals surface area contributed by atoms with E-state index < -0.39 is 0 Å². The van der Waals surface area contributed by atoms with Crippen LogP contribution in [0.25, 0.3) is 22.3 Å². The average molecular weight is 340 g/mol. The van der Waals surface area contributed by atoms with Gasteiger partial charge in [-0.2, -0.15) is 5.10 Å². The maximum absolute atomic E-state index is 11.9. The van der Waals surface area contributed by atoms with Gasteiger partial charge in [-0.3, -0.25) is 9.89 Å². The molecule has 0 fully saturated rings. The lowest BCUT2D eigenvalue weighted by atomic mass is 10.1. The predicted molar refractivity (Wildman–Crippen MR) is 99.8 cm³/mol. The number of anilines is 1. The van der Waals surface area contributed by atoms with Gasteiger partial charge >= 0.3 is 0 Å². The molecule has 6 nitrogen and oxygen atoms in total. The quantitative estimate of drug-likeness (QED) is 0.711. The minimum absolute atomic E-state index is 0.0196. The molecule has 0 aliphatic rings. The third-order valence-corrected chi connectivity index (χ3v) is 4.14. The van der Waals surface area contributed by atoms with E-state index in [1.165, 1.54) is 0 Å². The van der Waals surface area contributed by atoms with E-state index in [0.717, 1.165) is 34.6 Å². The highest BCUT2D eigenvalue weighted by molar-refractivity contribution is 5.91. The molecule has 3 rings (SSSR count). The number of rotatable bonds is 6. The van der Waals surface area contributed by atoms with Crippen molar-refractivity contribution in [2.45, 2.75) is 33.7 Å². The van der Waals surface area contributed by atoms with Gasteiger partial charge in [-0.1, -0.05) is 13.8 Å². The third kappa shape index (κ3) is 3.52. The molecule has 0 saturated heterocycles. The van der Waals surface area contributed by atoms with Gasteiger partial charge in [0.05, 0.1) is 18.5 Å². The molecule has 0 bridgehead atoms. The van der Waals surface area contributed by atoms with Crippen LogP contribution in [-0.2, 0) is 11.3 Å². The van der Waals surface area contributed by atoms with E-state index >= 15 is 0 Å². The van der Waals surface area contributed by atoms with Crippen LogP contribution in [0.2, 0.25) is 0 Å². The maximum Gasteiger partial charge on any atom is 0.225 e. The number of amides is 1. The second kappa shape index (κ2) is 7.01. The summed E-state index contributed by atoms with van der Waals surface area (Å²) < 4.78 is 7.52. The highest BCUT2D eigenvalue weighted by Crippen LogP contribution is 2.30. The predicted octanol–water partition coefficient (Wildman–Crippen LogP) is 4.04. The molecule has 1 aromatic carbocycles. The first-order valence-electron chi connectivity index (χ1n) is 8.54. The summed E-state index contributed by atoms with van der Waals surface area (Å²) in [6.45, 7) is 6.97. The number of carbonyl (C=O) groups is 1. The van der Waals surface area contributed by atoms with Crippen molar-refractivity contribution in [3.05, 3.63) is 30.3 Å². The van der Waals surface area contributed by atoms with Crippen LogP contribution in [0, 0.1) is 5.92 Å².